The zero-order valence-corrected chi connectivity index (χ0v) is 81.4. The van der Waals surface area contributed by atoms with Crippen LogP contribution in [0.2, 0.25) is 0 Å². The topological polar surface area (TPSA) is 357 Å². The first-order valence-corrected chi connectivity index (χ1v) is 49.3. The Bertz CT molecular complexity index is 8190. The van der Waals surface area contributed by atoms with Crippen molar-refractivity contribution in [3.05, 3.63) is 282 Å². The highest BCUT2D eigenvalue weighted by atomic mass is 16.5. The first-order chi connectivity index (χ1) is 70.2. The summed E-state index contributed by atoms with van der Waals surface area (Å²) in [6.07, 6.45) is 18.4. The van der Waals surface area contributed by atoms with Gasteiger partial charge in [-0.2, -0.15) is 0 Å². The maximum atomic E-state index is 12.9. The van der Waals surface area contributed by atoms with Crippen LogP contribution in [0.3, 0.4) is 0 Å². The summed E-state index contributed by atoms with van der Waals surface area (Å²) in [5.74, 6) is 3.56. The number of benzene rings is 4. The fraction of sp³-hybridized carbons (Fsp3) is 0.324. The number of likely N-dealkylation sites (N-methyl/N-ethyl adjacent to an activating group) is 1. The number of nitrogens with one attached hydrogen (secondary N) is 2. The maximum Gasteiger partial charge on any atom is 0.258 e. The molecule has 2 N–H and O–H groups in total. The van der Waals surface area contributed by atoms with Crippen LogP contribution < -0.4 is 72.4 Å². The van der Waals surface area contributed by atoms with Gasteiger partial charge in [0.25, 0.3) is 27.8 Å². The molecule has 2 atom stereocenters. The first-order valence-electron chi connectivity index (χ1n) is 49.3. The minimum Gasteiger partial charge on any atom is -0.493 e. The summed E-state index contributed by atoms with van der Waals surface area (Å²) in [6.45, 7) is 27.7. The fourth-order valence-electron chi connectivity index (χ4n) is 20.6. The van der Waals surface area contributed by atoms with Gasteiger partial charge in [-0.05, 0) is 181 Å². The Hall–Kier alpha value is -15.9. The van der Waals surface area contributed by atoms with E-state index in [0.29, 0.717) is 132 Å². The van der Waals surface area contributed by atoms with Crippen LogP contribution >= 0.6 is 0 Å². The van der Waals surface area contributed by atoms with Crippen molar-refractivity contribution in [3.63, 3.8) is 0 Å². The van der Waals surface area contributed by atoms with Crippen LogP contribution in [0.1, 0.15) is 62.1 Å². The Morgan fingerprint density at radius 2 is 0.625 bits per heavy atom. The number of rotatable bonds is 12. The number of fused-ring (bicyclic) bond motifs is 11. The molecule has 26 rings (SSSR count). The molecule has 7 aliphatic heterocycles. The van der Waals surface area contributed by atoms with E-state index in [0.717, 1.165) is 203 Å². The van der Waals surface area contributed by atoms with Crippen LogP contribution in [0.25, 0.3) is 129 Å². The third-order valence-electron chi connectivity index (χ3n) is 28.1. The lowest BCUT2D eigenvalue weighted by atomic mass is 10.1. The highest BCUT2D eigenvalue weighted by Crippen LogP contribution is 2.35. The molecule has 7 aliphatic rings. The van der Waals surface area contributed by atoms with Gasteiger partial charge in [0.05, 0.1) is 83.0 Å². The number of nitrogens with zero attached hydrogens (tertiary/aromatic N) is 23. The summed E-state index contributed by atoms with van der Waals surface area (Å²) >= 11 is 0. The van der Waals surface area contributed by atoms with E-state index in [4.69, 9.17) is 47.1 Å². The summed E-state index contributed by atoms with van der Waals surface area (Å²) in [4.78, 5) is 128. The molecule has 0 saturated carbocycles. The van der Waals surface area contributed by atoms with Crippen LogP contribution in [0, 0.1) is 27.7 Å². The molecule has 36 nitrogen and oxygen atoms in total. The van der Waals surface area contributed by atoms with Crippen molar-refractivity contribution < 1.29 is 27.1 Å². The van der Waals surface area contributed by atoms with E-state index >= 15 is 0 Å². The standard InChI is InChI=1S/2C23H23N5O2.C22H23N5O2.C21H21N5O2.C19H21N5O3/c2*1-15-24-19-6-4-16(11-21(19)30-15)20-12-23(29)28-14-18(5-7-22(28)25-20)27-10-9-26-8-2-3-17(26)13-27;1-15-23-18-6-4-16(12-20(18)29-15)19-13-22(28)27-14-17(5-7-21(27)24-19)26-9-3-8-25(2)10-11-26;1-14-23-17-5-3-15(11-19(17)28-14)18-12-21(27)26-13-16(4-6-20(26)24-18)25-9-2-7-22-8-10-25;1-26-16-9-14(21-11-17(16)27-2)15-10-19(25)24-12-13(3-4-18(24)22-15)23-7-5-20-6-8-23/h2*4-7,11-12,14,17H,2-3,8-10,13H2,1H3;4-7,12-14H,3,8-11H2,1-2H3;3-6,11-13,22H,2,7-10H2,1H3;3-4,9-12,20H,5-8H2,1-2H3/t2*17-;;;/m10.../s1. The van der Waals surface area contributed by atoms with Gasteiger partial charge in [-0.1, -0.05) is 24.3 Å². The first kappa shape index (κ1) is 93.1. The van der Waals surface area contributed by atoms with Gasteiger partial charge in [0.15, 0.2) is 57.4 Å². The average Bonchev–Trinajstić information content (AvgIpc) is 1.29. The summed E-state index contributed by atoms with van der Waals surface area (Å²) in [7, 11) is 5.26. The van der Waals surface area contributed by atoms with Crippen molar-refractivity contribution >= 4 is 101 Å². The fourth-order valence-corrected chi connectivity index (χ4v) is 20.6. The number of hydrogen-bond acceptors (Lipinski definition) is 31. The molecule has 7 saturated heterocycles. The van der Waals surface area contributed by atoms with Gasteiger partial charge in [0.2, 0.25) is 0 Å². The van der Waals surface area contributed by atoms with E-state index in [1.165, 1.54) is 44.8 Å². The van der Waals surface area contributed by atoms with Gasteiger partial charge in [-0.15, -0.1) is 0 Å². The summed E-state index contributed by atoms with van der Waals surface area (Å²) in [6, 6.07) is 53.5. The monoisotopic (exact) mass is 1930 g/mol. The van der Waals surface area contributed by atoms with Crippen molar-refractivity contribution in [2.24, 2.45) is 0 Å². The van der Waals surface area contributed by atoms with Crippen LogP contribution in [0.4, 0.5) is 28.4 Å². The molecule has 4 aromatic carbocycles. The van der Waals surface area contributed by atoms with Crippen molar-refractivity contribution in [1.29, 1.82) is 0 Å². The third-order valence-corrected chi connectivity index (χ3v) is 28.1. The lowest BCUT2D eigenvalue weighted by molar-refractivity contribution is 0.231. The van der Waals surface area contributed by atoms with Gasteiger partial charge < -0.3 is 67.2 Å². The molecule has 0 amide bonds. The Kier molecular flexibility index (Phi) is 26.0. The largest absolute Gasteiger partial charge is 0.493 e. The number of aryl methyl sites for hydroxylation is 4. The molecule has 0 unspecified atom stereocenters. The smallest absolute Gasteiger partial charge is 0.258 e. The van der Waals surface area contributed by atoms with Crippen molar-refractivity contribution in [3.8, 4) is 67.9 Å². The highest BCUT2D eigenvalue weighted by molar-refractivity contribution is 5.84. The number of methoxy groups -OCH3 is 2. The second-order valence-electron chi connectivity index (χ2n) is 37.6. The van der Waals surface area contributed by atoms with Crippen LogP contribution in [-0.2, 0) is 0 Å². The van der Waals surface area contributed by atoms with Crippen molar-refractivity contribution in [1.82, 2.24) is 97.2 Å². The molecule has 22 heterocycles. The predicted octanol–water partition coefficient (Wildman–Crippen LogP) is 12.9. The molecule has 36 heteroatoms. The van der Waals surface area contributed by atoms with Gasteiger partial charge >= 0.3 is 0 Å². The Morgan fingerprint density at radius 1 is 0.299 bits per heavy atom. The van der Waals surface area contributed by atoms with Crippen LogP contribution in [0.5, 0.6) is 11.5 Å². The van der Waals surface area contributed by atoms with E-state index < -0.39 is 0 Å². The van der Waals surface area contributed by atoms with Gasteiger partial charge in [0.1, 0.15) is 50.3 Å². The second kappa shape index (κ2) is 40.2. The van der Waals surface area contributed by atoms with Gasteiger partial charge in [-0.3, -0.25) is 60.8 Å². The highest BCUT2D eigenvalue weighted by Gasteiger charge is 2.33. The zero-order chi connectivity index (χ0) is 98.3. The molecule has 0 radical (unpaired) electrons. The number of aromatic nitrogens is 15. The Balaban J connectivity index is 0.000000103. The molecular formula is C108H111N25O11. The summed E-state index contributed by atoms with van der Waals surface area (Å²) < 4.78 is 41.1. The number of anilines is 5. The number of pyridine rings is 6. The van der Waals surface area contributed by atoms with E-state index in [1.54, 1.807) is 72.8 Å². The predicted molar refractivity (Wildman–Crippen MR) is 557 cm³/mol. The van der Waals surface area contributed by atoms with Crippen molar-refractivity contribution in [2.75, 3.05) is 177 Å². The van der Waals surface area contributed by atoms with Gasteiger partial charge in [0, 0.05) is 234 Å². The number of hydrogen-bond donors (Lipinski definition) is 2. The Labute approximate surface area is 826 Å². The molecule has 7 fully saturated rings. The zero-order valence-electron chi connectivity index (χ0n) is 81.4. The molecule has 19 aromatic rings. The third kappa shape index (κ3) is 19.8. The average molecular weight is 1940 g/mol. The lowest BCUT2D eigenvalue weighted by Crippen LogP contribution is -2.50. The number of piperazine rings is 3. The van der Waals surface area contributed by atoms with E-state index in [1.807, 2.05) is 174 Å². The molecule has 15 aromatic heterocycles. The van der Waals surface area contributed by atoms with Crippen molar-refractivity contribution in [2.45, 2.75) is 78.3 Å². The number of ether oxygens (including phenoxy) is 2. The number of oxazole rings is 4. The Morgan fingerprint density at radius 3 is 1.00 bits per heavy atom. The van der Waals surface area contributed by atoms with E-state index in [2.05, 4.69) is 105 Å². The minimum absolute atomic E-state index is 0.0785. The molecule has 734 valence electrons. The lowest BCUT2D eigenvalue weighted by Gasteiger charge is -2.38. The van der Waals surface area contributed by atoms with E-state index in [-0.39, 0.29) is 27.8 Å². The maximum absolute atomic E-state index is 12.9. The molecule has 144 heavy (non-hydrogen) atoms. The quantitative estimate of drug-likeness (QED) is 0.115. The summed E-state index contributed by atoms with van der Waals surface area (Å²) in [5.41, 5.74) is 20.9. The van der Waals surface area contributed by atoms with Crippen LogP contribution in [-0.4, -0.2) is 251 Å². The van der Waals surface area contributed by atoms with E-state index in [9.17, 15) is 24.0 Å². The van der Waals surface area contributed by atoms with Gasteiger partial charge in [-0.25, -0.2) is 44.9 Å². The summed E-state index contributed by atoms with van der Waals surface area (Å²) in [5, 5.41) is 6.73. The second-order valence-corrected chi connectivity index (χ2v) is 37.6. The van der Waals surface area contributed by atoms with Crippen LogP contribution in [0.15, 0.2) is 249 Å². The molecule has 0 spiro atoms. The normalized spacial score (nSPS) is 17.0. The molecule has 0 aliphatic carbocycles. The molecular weight excluding hydrogens is 1820 g/mol. The SMILES string of the molecule is COc1cnc(-c2cc(=O)n3cc(N4CCNCC4)ccc3n2)cc1OC.Cc1nc2ccc(-c3cc(=O)n4cc(N5CCCN(C)CC5)ccc4n3)cc2o1.Cc1nc2ccc(-c3cc(=O)n4cc(N5CCCNCC5)ccc4n3)cc2o1.Cc1nc2ccc(-c3cc(=O)n4cc(N5CCN6CCC[C@@H]6C5)ccc4n3)cc2o1.Cc1nc2ccc(-c3cc(=O)n4cc(N5CCN6CCC[C@H]6C5)ccc4n3)cc2o1. The minimum atomic E-state index is -0.149. The molecule has 0 bridgehead atoms.